The zero-order chi connectivity index (χ0) is 14.9. The lowest BCUT2D eigenvalue weighted by molar-refractivity contribution is 0.478. The number of halogens is 4. The van der Waals surface area contributed by atoms with Crippen LogP contribution in [0.15, 0.2) is 36.4 Å². The van der Waals surface area contributed by atoms with Gasteiger partial charge < -0.3 is 5.73 Å². The van der Waals surface area contributed by atoms with Crippen LogP contribution in [-0.4, -0.2) is 0 Å². The first-order valence-electron chi connectivity index (χ1n) is 5.97. The third-order valence-corrected chi connectivity index (χ3v) is 3.69. The Balaban J connectivity index is 2.37. The van der Waals surface area contributed by atoms with Crippen molar-refractivity contribution >= 4 is 23.2 Å². The van der Waals surface area contributed by atoms with Crippen LogP contribution >= 0.6 is 23.2 Å². The van der Waals surface area contributed by atoms with Gasteiger partial charge in [0.1, 0.15) is 11.6 Å². The highest BCUT2D eigenvalue weighted by atomic mass is 35.5. The molecule has 0 amide bonds. The SMILES string of the molecule is CC(N)(Cc1cc(Cl)ccc1Cl)c1cc(F)cc(F)c1. The van der Waals surface area contributed by atoms with E-state index in [9.17, 15) is 8.78 Å². The molecule has 0 bridgehead atoms. The molecule has 5 heteroatoms. The van der Waals surface area contributed by atoms with Gasteiger partial charge in [-0.2, -0.15) is 0 Å². The van der Waals surface area contributed by atoms with Gasteiger partial charge in [0.25, 0.3) is 0 Å². The van der Waals surface area contributed by atoms with Gasteiger partial charge in [0.15, 0.2) is 0 Å². The van der Waals surface area contributed by atoms with E-state index >= 15 is 0 Å². The lowest BCUT2D eigenvalue weighted by Crippen LogP contribution is -2.35. The summed E-state index contributed by atoms with van der Waals surface area (Å²) in [5, 5.41) is 1.05. The summed E-state index contributed by atoms with van der Waals surface area (Å²) in [6.45, 7) is 1.69. The molecule has 0 aromatic heterocycles. The fourth-order valence-corrected chi connectivity index (χ4v) is 2.44. The van der Waals surface area contributed by atoms with Gasteiger partial charge in [0.2, 0.25) is 0 Å². The number of hydrogen-bond donors (Lipinski definition) is 1. The molecule has 2 rings (SSSR count). The third kappa shape index (κ3) is 3.48. The molecule has 0 saturated carbocycles. The summed E-state index contributed by atoms with van der Waals surface area (Å²) >= 11 is 12.0. The van der Waals surface area contributed by atoms with Crippen LogP contribution in [0.25, 0.3) is 0 Å². The molecule has 0 saturated heterocycles. The molecule has 0 radical (unpaired) electrons. The lowest BCUT2D eigenvalue weighted by Gasteiger charge is -2.26. The predicted octanol–water partition coefficient (Wildman–Crippen LogP) is 4.69. The molecule has 1 unspecified atom stereocenters. The van der Waals surface area contributed by atoms with Gasteiger partial charge in [-0.3, -0.25) is 0 Å². The molecular weight excluding hydrogens is 303 g/mol. The van der Waals surface area contributed by atoms with Crippen LogP contribution in [0.5, 0.6) is 0 Å². The van der Waals surface area contributed by atoms with Crippen LogP contribution in [0.1, 0.15) is 18.1 Å². The van der Waals surface area contributed by atoms with E-state index in [0.29, 0.717) is 22.0 Å². The Morgan fingerprint density at radius 1 is 1.05 bits per heavy atom. The average Bonchev–Trinajstić information content (AvgIpc) is 2.32. The maximum absolute atomic E-state index is 13.3. The van der Waals surface area contributed by atoms with Crippen LogP contribution < -0.4 is 5.73 Å². The molecule has 0 heterocycles. The summed E-state index contributed by atoms with van der Waals surface area (Å²) in [4.78, 5) is 0. The number of nitrogens with two attached hydrogens (primary N) is 1. The van der Waals surface area contributed by atoms with Crippen molar-refractivity contribution in [3.8, 4) is 0 Å². The Hall–Kier alpha value is -1.16. The molecule has 0 aliphatic heterocycles. The molecule has 1 nitrogen and oxygen atoms in total. The van der Waals surface area contributed by atoms with E-state index in [1.165, 1.54) is 12.1 Å². The Morgan fingerprint density at radius 2 is 1.65 bits per heavy atom. The number of hydrogen-bond acceptors (Lipinski definition) is 1. The first-order valence-corrected chi connectivity index (χ1v) is 6.73. The molecule has 2 aromatic rings. The third-order valence-electron chi connectivity index (χ3n) is 3.09. The highest BCUT2D eigenvalue weighted by Crippen LogP contribution is 2.29. The summed E-state index contributed by atoms with van der Waals surface area (Å²) in [7, 11) is 0. The summed E-state index contributed by atoms with van der Waals surface area (Å²) in [6, 6.07) is 8.30. The molecule has 20 heavy (non-hydrogen) atoms. The van der Waals surface area contributed by atoms with Crippen LogP contribution in [0.2, 0.25) is 10.0 Å². The van der Waals surface area contributed by atoms with E-state index in [1.54, 1.807) is 25.1 Å². The van der Waals surface area contributed by atoms with E-state index in [4.69, 9.17) is 28.9 Å². The Morgan fingerprint density at radius 3 is 2.25 bits per heavy atom. The monoisotopic (exact) mass is 315 g/mol. The number of benzene rings is 2. The smallest absolute Gasteiger partial charge is 0.126 e. The summed E-state index contributed by atoms with van der Waals surface area (Å²) < 4.78 is 26.6. The van der Waals surface area contributed by atoms with Gasteiger partial charge in [-0.25, -0.2) is 8.78 Å². The van der Waals surface area contributed by atoms with Crippen molar-refractivity contribution in [2.75, 3.05) is 0 Å². The largest absolute Gasteiger partial charge is 0.321 e. The molecule has 2 aromatic carbocycles. The molecule has 0 aliphatic rings. The molecule has 0 spiro atoms. The van der Waals surface area contributed by atoms with Gasteiger partial charge in [0.05, 0.1) is 0 Å². The predicted molar refractivity (Wildman–Crippen MR) is 78.1 cm³/mol. The summed E-state index contributed by atoms with van der Waals surface area (Å²) in [5.41, 5.74) is 6.33. The Labute approximate surface area is 126 Å². The summed E-state index contributed by atoms with van der Waals surface area (Å²) in [6.07, 6.45) is 0.315. The van der Waals surface area contributed by atoms with Gasteiger partial charge in [-0.15, -0.1) is 0 Å². The first kappa shape index (κ1) is 15.2. The lowest BCUT2D eigenvalue weighted by atomic mass is 9.86. The highest BCUT2D eigenvalue weighted by molar-refractivity contribution is 6.33. The standard InChI is InChI=1S/C15H13Cl2F2N/c1-15(20,10-5-12(18)7-13(19)6-10)8-9-4-11(16)2-3-14(9)17/h2-7H,8,20H2,1H3. The Kier molecular flexibility index (Phi) is 4.33. The van der Waals surface area contributed by atoms with Crippen LogP contribution in [0.4, 0.5) is 8.78 Å². The molecule has 106 valence electrons. The zero-order valence-electron chi connectivity index (χ0n) is 10.8. The second-order valence-corrected chi connectivity index (χ2v) is 5.83. The molecular formula is C15H13Cl2F2N. The van der Waals surface area contributed by atoms with Crippen molar-refractivity contribution in [1.29, 1.82) is 0 Å². The van der Waals surface area contributed by atoms with Gasteiger partial charge in [0, 0.05) is 21.7 Å². The average molecular weight is 316 g/mol. The maximum Gasteiger partial charge on any atom is 0.126 e. The Bertz CT molecular complexity index is 622. The topological polar surface area (TPSA) is 26.0 Å². The zero-order valence-corrected chi connectivity index (χ0v) is 12.3. The van der Waals surface area contributed by atoms with Gasteiger partial charge >= 0.3 is 0 Å². The van der Waals surface area contributed by atoms with E-state index in [1.807, 2.05) is 0 Å². The van der Waals surface area contributed by atoms with Crippen LogP contribution in [-0.2, 0) is 12.0 Å². The molecule has 0 aliphatic carbocycles. The van der Waals surface area contributed by atoms with Gasteiger partial charge in [-0.05, 0) is 54.8 Å². The van der Waals surface area contributed by atoms with Crippen molar-refractivity contribution < 1.29 is 8.78 Å². The van der Waals surface area contributed by atoms with Crippen LogP contribution in [0, 0.1) is 11.6 Å². The van der Waals surface area contributed by atoms with Crippen molar-refractivity contribution in [2.45, 2.75) is 18.9 Å². The van der Waals surface area contributed by atoms with E-state index in [-0.39, 0.29) is 0 Å². The first-order chi connectivity index (χ1) is 9.28. The molecule has 0 fully saturated rings. The number of rotatable bonds is 3. The van der Waals surface area contributed by atoms with Crippen molar-refractivity contribution in [3.05, 3.63) is 69.2 Å². The van der Waals surface area contributed by atoms with Crippen LogP contribution in [0.3, 0.4) is 0 Å². The molecule has 1 atom stereocenters. The van der Waals surface area contributed by atoms with Crippen molar-refractivity contribution in [3.63, 3.8) is 0 Å². The quantitative estimate of drug-likeness (QED) is 0.873. The second-order valence-electron chi connectivity index (χ2n) is 4.99. The summed E-state index contributed by atoms with van der Waals surface area (Å²) in [5.74, 6) is -1.32. The minimum atomic E-state index is -0.961. The minimum Gasteiger partial charge on any atom is -0.321 e. The minimum absolute atomic E-state index is 0.315. The van der Waals surface area contributed by atoms with Crippen molar-refractivity contribution in [1.82, 2.24) is 0 Å². The molecule has 2 N–H and O–H groups in total. The maximum atomic E-state index is 13.3. The van der Waals surface area contributed by atoms with E-state index in [2.05, 4.69) is 0 Å². The fourth-order valence-electron chi connectivity index (χ4n) is 2.06. The highest BCUT2D eigenvalue weighted by Gasteiger charge is 2.24. The van der Waals surface area contributed by atoms with Crippen molar-refractivity contribution in [2.24, 2.45) is 5.73 Å². The van der Waals surface area contributed by atoms with E-state index < -0.39 is 17.2 Å². The van der Waals surface area contributed by atoms with E-state index in [0.717, 1.165) is 11.6 Å². The van der Waals surface area contributed by atoms with Gasteiger partial charge in [-0.1, -0.05) is 23.2 Å². The fraction of sp³-hybridized carbons (Fsp3) is 0.200. The normalized spacial score (nSPS) is 14.1. The second kappa shape index (κ2) is 5.68.